The largest absolute Gasteiger partial charge is 0.299 e. The lowest BCUT2D eigenvalue weighted by Crippen LogP contribution is -2.47. The standard InChI is InChI=1S/C17H25Cl2N3O3S/c1-17(2,3)26(24,25)22-12-6-4-11(5-7-12)16(23)21-20-13-8-9-14(18)15(19)10-13/h8-12,20,22H,4-7H2,1-3H3,(H,21,23). The number of nitrogens with one attached hydrogen (secondary N) is 3. The van der Waals surface area contributed by atoms with Gasteiger partial charge in [0.25, 0.3) is 0 Å². The van der Waals surface area contributed by atoms with Crippen LogP contribution in [-0.2, 0) is 14.8 Å². The molecule has 2 rings (SSSR count). The van der Waals surface area contributed by atoms with Crippen molar-refractivity contribution in [1.82, 2.24) is 10.1 Å². The Morgan fingerprint density at radius 3 is 2.23 bits per heavy atom. The molecule has 26 heavy (non-hydrogen) atoms. The van der Waals surface area contributed by atoms with Gasteiger partial charge in [-0.25, -0.2) is 13.1 Å². The van der Waals surface area contributed by atoms with Gasteiger partial charge in [0.15, 0.2) is 0 Å². The smallest absolute Gasteiger partial charge is 0.241 e. The topological polar surface area (TPSA) is 87.3 Å². The summed E-state index contributed by atoms with van der Waals surface area (Å²) in [6.07, 6.45) is 2.54. The monoisotopic (exact) mass is 421 g/mol. The van der Waals surface area contributed by atoms with Crippen LogP contribution in [0.5, 0.6) is 0 Å². The van der Waals surface area contributed by atoms with Crippen LogP contribution in [0.1, 0.15) is 46.5 Å². The molecular weight excluding hydrogens is 397 g/mol. The summed E-state index contributed by atoms with van der Waals surface area (Å²) < 4.78 is 26.4. The lowest BCUT2D eigenvalue weighted by molar-refractivity contribution is -0.125. The SMILES string of the molecule is CC(C)(C)S(=O)(=O)NC1CCC(C(=O)NNc2ccc(Cl)c(Cl)c2)CC1. The maximum Gasteiger partial charge on any atom is 0.241 e. The average Bonchev–Trinajstić information content (AvgIpc) is 2.55. The van der Waals surface area contributed by atoms with Crippen LogP contribution in [0.25, 0.3) is 0 Å². The zero-order chi connectivity index (χ0) is 19.5. The number of carbonyl (C=O) groups is 1. The first-order valence-electron chi connectivity index (χ1n) is 8.52. The summed E-state index contributed by atoms with van der Waals surface area (Å²) in [6, 6.07) is 4.87. The summed E-state index contributed by atoms with van der Waals surface area (Å²) >= 11 is 11.8. The van der Waals surface area contributed by atoms with E-state index in [0.717, 1.165) is 0 Å². The molecule has 0 unspecified atom stereocenters. The van der Waals surface area contributed by atoms with Crippen molar-refractivity contribution in [2.45, 2.75) is 57.2 Å². The van der Waals surface area contributed by atoms with Gasteiger partial charge in [0.05, 0.1) is 20.5 Å². The fourth-order valence-electron chi connectivity index (χ4n) is 2.68. The second kappa shape index (κ2) is 8.33. The molecule has 0 aliphatic heterocycles. The lowest BCUT2D eigenvalue weighted by Gasteiger charge is -2.30. The van der Waals surface area contributed by atoms with Gasteiger partial charge < -0.3 is 0 Å². The minimum absolute atomic E-state index is 0.117. The Kier molecular flexibility index (Phi) is 6.82. The number of carbonyl (C=O) groups excluding carboxylic acids is 1. The van der Waals surface area contributed by atoms with Gasteiger partial charge in [0.1, 0.15) is 0 Å². The van der Waals surface area contributed by atoms with Gasteiger partial charge in [-0.3, -0.25) is 15.6 Å². The maximum atomic E-state index is 12.3. The molecule has 0 saturated heterocycles. The molecule has 0 spiro atoms. The molecule has 6 nitrogen and oxygen atoms in total. The van der Waals surface area contributed by atoms with Crippen LogP contribution in [0, 0.1) is 5.92 Å². The van der Waals surface area contributed by atoms with E-state index in [2.05, 4.69) is 15.6 Å². The molecule has 0 atom stereocenters. The first-order valence-corrected chi connectivity index (χ1v) is 10.8. The van der Waals surface area contributed by atoms with Crippen LogP contribution in [0.4, 0.5) is 5.69 Å². The Labute approximate surface area is 165 Å². The van der Waals surface area contributed by atoms with Gasteiger partial charge in [-0.2, -0.15) is 0 Å². The number of hydrogen-bond acceptors (Lipinski definition) is 4. The number of amides is 1. The fraction of sp³-hybridized carbons (Fsp3) is 0.588. The molecule has 0 radical (unpaired) electrons. The molecule has 1 fully saturated rings. The summed E-state index contributed by atoms with van der Waals surface area (Å²) in [4.78, 5) is 12.3. The molecule has 1 aromatic carbocycles. The molecule has 1 saturated carbocycles. The van der Waals surface area contributed by atoms with Crippen molar-refractivity contribution in [3.63, 3.8) is 0 Å². The van der Waals surface area contributed by atoms with Gasteiger partial charge in [-0.1, -0.05) is 23.2 Å². The van der Waals surface area contributed by atoms with Gasteiger partial charge in [-0.05, 0) is 64.7 Å². The summed E-state index contributed by atoms with van der Waals surface area (Å²) in [5.74, 6) is -0.270. The molecule has 1 amide bonds. The number of sulfonamides is 1. The summed E-state index contributed by atoms with van der Waals surface area (Å²) in [5, 5.41) is 0.845. The van der Waals surface area contributed by atoms with E-state index in [1.165, 1.54) is 0 Å². The highest BCUT2D eigenvalue weighted by Crippen LogP contribution is 2.27. The number of anilines is 1. The van der Waals surface area contributed by atoms with E-state index in [1.54, 1.807) is 39.0 Å². The highest BCUT2D eigenvalue weighted by molar-refractivity contribution is 7.90. The first-order chi connectivity index (χ1) is 12.0. The molecule has 0 heterocycles. The van der Waals surface area contributed by atoms with Crippen LogP contribution in [0.3, 0.4) is 0 Å². The number of rotatable bonds is 5. The average molecular weight is 422 g/mol. The third kappa shape index (κ3) is 5.49. The fourth-order valence-corrected chi connectivity index (χ4v) is 4.01. The molecule has 0 bridgehead atoms. The van der Waals surface area contributed by atoms with Gasteiger partial charge in [0, 0.05) is 12.0 Å². The van der Waals surface area contributed by atoms with E-state index in [9.17, 15) is 13.2 Å². The second-order valence-electron chi connectivity index (χ2n) is 7.53. The van der Waals surface area contributed by atoms with E-state index in [0.29, 0.717) is 41.4 Å². The molecular formula is C17H25Cl2N3O3S. The predicted octanol–water partition coefficient (Wildman–Crippen LogP) is 3.71. The number of halogens is 2. The Bertz CT molecular complexity index is 755. The second-order valence-corrected chi connectivity index (χ2v) is 10.8. The minimum atomic E-state index is -3.38. The molecule has 3 N–H and O–H groups in total. The third-order valence-electron chi connectivity index (χ3n) is 4.48. The molecule has 146 valence electrons. The van der Waals surface area contributed by atoms with Crippen molar-refractivity contribution in [2.24, 2.45) is 5.92 Å². The zero-order valence-corrected chi connectivity index (χ0v) is 17.4. The van der Waals surface area contributed by atoms with Crippen LogP contribution >= 0.6 is 23.2 Å². The van der Waals surface area contributed by atoms with Crippen LogP contribution in [0.2, 0.25) is 10.0 Å². The Morgan fingerprint density at radius 1 is 1.08 bits per heavy atom. The Hall–Kier alpha value is -1.02. The van der Waals surface area contributed by atoms with Crippen LogP contribution in [0.15, 0.2) is 18.2 Å². The van der Waals surface area contributed by atoms with E-state index >= 15 is 0 Å². The van der Waals surface area contributed by atoms with Crippen molar-refractivity contribution >= 4 is 44.8 Å². The van der Waals surface area contributed by atoms with Crippen molar-refractivity contribution in [2.75, 3.05) is 5.43 Å². The van der Waals surface area contributed by atoms with Gasteiger partial charge in [-0.15, -0.1) is 0 Å². The van der Waals surface area contributed by atoms with Crippen molar-refractivity contribution < 1.29 is 13.2 Å². The molecule has 1 aromatic rings. The van der Waals surface area contributed by atoms with Gasteiger partial charge >= 0.3 is 0 Å². The van der Waals surface area contributed by atoms with E-state index in [-0.39, 0.29) is 17.9 Å². The van der Waals surface area contributed by atoms with Crippen molar-refractivity contribution in [3.05, 3.63) is 28.2 Å². The van der Waals surface area contributed by atoms with E-state index < -0.39 is 14.8 Å². The predicted molar refractivity (Wildman–Crippen MR) is 106 cm³/mol. The van der Waals surface area contributed by atoms with E-state index in [4.69, 9.17) is 23.2 Å². The molecule has 1 aliphatic carbocycles. The van der Waals surface area contributed by atoms with Crippen LogP contribution < -0.4 is 15.6 Å². The molecule has 0 aromatic heterocycles. The summed E-state index contributed by atoms with van der Waals surface area (Å²) in [7, 11) is -3.38. The minimum Gasteiger partial charge on any atom is -0.299 e. The maximum absolute atomic E-state index is 12.3. The zero-order valence-electron chi connectivity index (χ0n) is 15.1. The van der Waals surface area contributed by atoms with Crippen LogP contribution in [-0.4, -0.2) is 25.1 Å². The van der Waals surface area contributed by atoms with Crippen molar-refractivity contribution in [3.8, 4) is 0 Å². The number of hydrogen-bond donors (Lipinski definition) is 3. The van der Waals surface area contributed by atoms with Crippen molar-refractivity contribution in [1.29, 1.82) is 0 Å². The molecule has 1 aliphatic rings. The molecule has 9 heteroatoms. The van der Waals surface area contributed by atoms with E-state index in [1.807, 2.05) is 0 Å². The van der Waals surface area contributed by atoms with Gasteiger partial charge in [0.2, 0.25) is 15.9 Å². The highest BCUT2D eigenvalue weighted by atomic mass is 35.5. The number of hydrazine groups is 1. The summed E-state index contributed by atoms with van der Waals surface area (Å²) in [5.41, 5.74) is 6.14. The normalized spacial score (nSPS) is 21.3. The quantitative estimate of drug-likeness (QED) is 0.632. The highest BCUT2D eigenvalue weighted by Gasteiger charge is 2.34. The Balaban J connectivity index is 1.82. The number of benzene rings is 1. The first kappa shape index (κ1) is 21.3. The lowest BCUT2D eigenvalue weighted by atomic mass is 9.86. The summed E-state index contributed by atoms with van der Waals surface area (Å²) in [6.45, 7) is 5.01. The Morgan fingerprint density at radius 2 is 1.69 bits per heavy atom. The third-order valence-corrected chi connectivity index (χ3v) is 7.47.